The van der Waals surface area contributed by atoms with E-state index in [1.807, 2.05) is 6.92 Å². The summed E-state index contributed by atoms with van der Waals surface area (Å²) in [6, 6.07) is 1.79. The third kappa shape index (κ3) is 3.20. The molecule has 98 valence electrons. The first-order valence-corrected chi connectivity index (χ1v) is 6.33. The Hall–Kier alpha value is -1.62. The van der Waals surface area contributed by atoms with E-state index in [4.69, 9.17) is 5.11 Å². The van der Waals surface area contributed by atoms with Crippen LogP contribution in [0.4, 0.5) is 5.69 Å². The van der Waals surface area contributed by atoms with Gasteiger partial charge >= 0.3 is 5.97 Å². The van der Waals surface area contributed by atoms with E-state index < -0.39 is 5.97 Å². The highest BCUT2D eigenvalue weighted by Crippen LogP contribution is 2.15. The molecule has 2 N–H and O–H groups in total. The van der Waals surface area contributed by atoms with Gasteiger partial charge in [0.1, 0.15) is 5.56 Å². The molecular formula is C13H19N3O2. The number of hydrogen-bond donors (Lipinski definition) is 2. The summed E-state index contributed by atoms with van der Waals surface area (Å²) in [5.41, 5.74) is 1.72. The zero-order valence-electron chi connectivity index (χ0n) is 10.6. The number of aryl methyl sites for hydroxylation is 1. The summed E-state index contributed by atoms with van der Waals surface area (Å²) in [6.07, 6.45) is 3.96. The van der Waals surface area contributed by atoms with Crippen LogP contribution in [0.25, 0.3) is 0 Å². The number of hydrogen-bond acceptors (Lipinski definition) is 4. The number of aromatic carboxylic acids is 1. The smallest absolute Gasteiger partial charge is 0.339 e. The Labute approximate surface area is 107 Å². The van der Waals surface area contributed by atoms with Crippen molar-refractivity contribution in [3.63, 3.8) is 0 Å². The molecule has 1 aromatic heterocycles. The molecule has 1 fully saturated rings. The fourth-order valence-electron chi connectivity index (χ4n) is 2.23. The van der Waals surface area contributed by atoms with Crippen LogP contribution in [0.1, 0.15) is 28.9 Å². The molecule has 0 spiro atoms. The molecule has 2 heterocycles. The quantitative estimate of drug-likeness (QED) is 0.829. The summed E-state index contributed by atoms with van der Waals surface area (Å²) in [4.78, 5) is 17.5. The van der Waals surface area contributed by atoms with Gasteiger partial charge in [0.05, 0.1) is 5.69 Å². The number of rotatable bonds is 5. The van der Waals surface area contributed by atoms with Gasteiger partial charge in [-0.25, -0.2) is 4.79 Å². The minimum Gasteiger partial charge on any atom is -0.478 e. The molecule has 18 heavy (non-hydrogen) atoms. The summed E-state index contributed by atoms with van der Waals surface area (Å²) in [5, 5.41) is 12.3. The third-order valence-electron chi connectivity index (χ3n) is 3.21. The van der Waals surface area contributed by atoms with Gasteiger partial charge in [0.2, 0.25) is 0 Å². The molecule has 1 aliphatic rings. The van der Waals surface area contributed by atoms with Crippen LogP contribution in [0, 0.1) is 6.92 Å². The first kappa shape index (κ1) is 12.8. The molecule has 0 saturated carbocycles. The van der Waals surface area contributed by atoms with Crippen molar-refractivity contribution in [2.45, 2.75) is 19.8 Å². The first-order chi connectivity index (χ1) is 8.66. The van der Waals surface area contributed by atoms with Crippen molar-refractivity contribution in [1.82, 2.24) is 9.88 Å². The molecule has 1 aromatic rings. The Morgan fingerprint density at radius 3 is 2.89 bits per heavy atom. The van der Waals surface area contributed by atoms with E-state index in [-0.39, 0.29) is 5.56 Å². The van der Waals surface area contributed by atoms with Gasteiger partial charge in [0.25, 0.3) is 0 Å². The van der Waals surface area contributed by atoms with Crippen molar-refractivity contribution in [1.29, 1.82) is 0 Å². The standard InChI is InChI=1S/C13H19N3O2/c1-10-8-12(11(9-15-10)13(17)18)14-4-7-16-5-2-3-6-16/h8-9H,2-7H2,1H3,(H,14,15)(H,17,18). The van der Waals surface area contributed by atoms with Gasteiger partial charge in [-0.15, -0.1) is 0 Å². The van der Waals surface area contributed by atoms with Crippen LogP contribution >= 0.6 is 0 Å². The van der Waals surface area contributed by atoms with E-state index in [9.17, 15) is 4.79 Å². The highest BCUT2D eigenvalue weighted by molar-refractivity contribution is 5.93. The van der Waals surface area contributed by atoms with Gasteiger partial charge in [-0.2, -0.15) is 0 Å². The van der Waals surface area contributed by atoms with E-state index in [1.165, 1.54) is 19.0 Å². The third-order valence-corrected chi connectivity index (χ3v) is 3.21. The number of nitrogens with zero attached hydrogens (tertiary/aromatic N) is 2. The second-order valence-electron chi connectivity index (χ2n) is 4.65. The zero-order chi connectivity index (χ0) is 13.0. The van der Waals surface area contributed by atoms with Gasteiger partial charge in [-0.05, 0) is 38.9 Å². The van der Waals surface area contributed by atoms with E-state index in [0.29, 0.717) is 5.69 Å². The average Bonchev–Trinajstić information content (AvgIpc) is 2.82. The number of carbonyl (C=O) groups is 1. The molecule has 0 radical (unpaired) electrons. The molecule has 0 aliphatic carbocycles. The van der Waals surface area contributed by atoms with Gasteiger partial charge in [0.15, 0.2) is 0 Å². The van der Waals surface area contributed by atoms with E-state index >= 15 is 0 Å². The van der Waals surface area contributed by atoms with Crippen molar-refractivity contribution in [3.8, 4) is 0 Å². The molecule has 1 aliphatic heterocycles. The van der Waals surface area contributed by atoms with Crippen LogP contribution in [-0.4, -0.2) is 47.1 Å². The molecule has 0 atom stereocenters. The largest absolute Gasteiger partial charge is 0.478 e. The Balaban J connectivity index is 1.94. The monoisotopic (exact) mass is 249 g/mol. The normalized spacial score (nSPS) is 15.8. The lowest BCUT2D eigenvalue weighted by Gasteiger charge is -2.16. The van der Waals surface area contributed by atoms with Crippen molar-refractivity contribution < 1.29 is 9.90 Å². The van der Waals surface area contributed by atoms with Gasteiger partial charge in [-0.1, -0.05) is 0 Å². The number of carboxylic acid groups (broad SMARTS) is 1. The molecule has 2 rings (SSSR count). The van der Waals surface area contributed by atoms with Crippen molar-refractivity contribution in [2.75, 3.05) is 31.5 Å². The average molecular weight is 249 g/mol. The first-order valence-electron chi connectivity index (χ1n) is 6.33. The fraction of sp³-hybridized carbons (Fsp3) is 0.538. The van der Waals surface area contributed by atoms with Crippen molar-refractivity contribution >= 4 is 11.7 Å². The lowest BCUT2D eigenvalue weighted by atomic mass is 10.2. The molecule has 0 amide bonds. The SMILES string of the molecule is Cc1cc(NCCN2CCCC2)c(C(=O)O)cn1. The van der Waals surface area contributed by atoms with Crippen LogP contribution in [0.5, 0.6) is 0 Å². The van der Waals surface area contributed by atoms with Crippen LogP contribution in [-0.2, 0) is 0 Å². The maximum atomic E-state index is 11.1. The molecule has 1 saturated heterocycles. The number of aromatic nitrogens is 1. The van der Waals surface area contributed by atoms with Crippen LogP contribution in [0.15, 0.2) is 12.3 Å². The predicted octanol–water partition coefficient (Wildman–Crippen LogP) is 1.60. The molecular weight excluding hydrogens is 230 g/mol. The minimum absolute atomic E-state index is 0.238. The lowest BCUT2D eigenvalue weighted by Crippen LogP contribution is -2.26. The minimum atomic E-state index is -0.939. The van der Waals surface area contributed by atoms with Gasteiger partial charge < -0.3 is 15.3 Å². The van der Waals surface area contributed by atoms with Crippen LogP contribution in [0.2, 0.25) is 0 Å². The second-order valence-corrected chi connectivity index (χ2v) is 4.65. The van der Waals surface area contributed by atoms with Crippen molar-refractivity contribution in [2.24, 2.45) is 0 Å². The molecule has 0 unspecified atom stereocenters. The van der Waals surface area contributed by atoms with E-state index in [0.717, 1.165) is 31.9 Å². The Morgan fingerprint density at radius 2 is 2.22 bits per heavy atom. The highest BCUT2D eigenvalue weighted by Gasteiger charge is 2.13. The number of carboxylic acids is 1. The summed E-state index contributed by atoms with van der Waals surface area (Å²) < 4.78 is 0. The van der Waals surface area contributed by atoms with E-state index in [1.54, 1.807) is 6.07 Å². The number of pyridine rings is 1. The van der Waals surface area contributed by atoms with Crippen LogP contribution in [0.3, 0.4) is 0 Å². The number of anilines is 1. The molecule has 0 aromatic carbocycles. The van der Waals surface area contributed by atoms with Gasteiger partial charge in [-0.3, -0.25) is 4.98 Å². The van der Waals surface area contributed by atoms with E-state index in [2.05, 4.69) is 15.2 Å². The van der Waals surface area contributed by atoms with Crippen molar-refractivity contribution in [3.05, 3.63) is 23.5 Å². The number of likely N-dealkylation sites (tertiary alicyclic amines) is 1. The maximum Gasteiger partial charge on any atom is 0.339 e. The number of nitrogens with one attached hydrogen (secondary N) is 1. The lowest BCUT2D eigenvalue weighted by molar-refractivity contribution is 0.0697. The molecule has 0 bridgehead atoms. The summed E-state index contributed by atoms with van der Waals surface area (Å²) in [6.45, 7) is 5.90. The van der Waals surface area contributed by atoms with Crippen LogP contribution < -0.4 is 5.32 Å². The topological polar surface area (TPSA) is 65.5 Å². The Morgan fingerprint density at radius 1 is 1.50 bits per heavy atom. The Bertz CT molecular complexity index is 428. The predicted molar refractivity (Wildman–Crippen MR) is 70.1 cm³/mol. The highest BCUT2D eigenvalue weighted by atomic mass is 16.4. The molecule has 5 heteroatoms. The maximum absolute atomic E-state index is 11.1. The Kier molecular flexibility index (Phi) is 4.15. The summed E-state index contributed by atoms with van der Waals surface area (Å²) >= 11 is 0. The zero-order valence-corrected chi connectivity index (χ0v) is 10.6. The fourth-order valence-corrected chi connectivity index (χ4v) is 2.23. The molecule has 5 nitrogen and oxygen atoms in total. The summed E-state index contributed by atoms with van der Waals surface area (Å²) in [5.74, 6) is -0.939. The summed E-state index contributed by atoms with van der Waals surface area (Å²) in [7, 11) is 0. The second kappa shape index (κ2) is 5.82. The van der Waals surface area contributed by atoms with Gasteiger partial charge in [0, 0.05) is 25.0 Å².